The molecular weight excluding hydrogens is 492 g/mol. The molecule has 8 nitrogen and oxygen atoms in total. The molecule has 1 amide bonds. The van der Waals surface area contributed by atoms with E-state index in [9.17, 15) is 9.59 Å². The summed E-state index contributed by atoms with van der Waals surface area (Å²) in [6.07, 6.45) is 9.54. The van der Waals surface area contributed by atoms with Gasteiger partial charge in [-0.15, -0.1) is 0 Å². The first-order chi connectivity index (χ1) is 19.1. The number of rotatable bonds is 16. The molecule has 0 unspecified atom stereocenters. The van der Waals surface area contributed by atoms with Gasteiger partial charge in [-0.25, -0.2) is 0 Å². The molecular formula is C31H44N4O4. The van der Waals surface area contributed by atoms with Gasteiger partial charge in [-0.1, -0.05) is 60.8 Å². The zero-order valence-corrected chi connectivity index (χ0v) is 23.3. The van der Waals surface area contributed by atoms with Crippen molar-refractivity contribution in [1.82, 2.24) is 10.6 Å². The van der Waals surface area contributed by atoms with Crippen molar-refractivity contribution in [3.8, 4) is 0 Å². The van der Waals surface area contributed by atoms with Gasteiger partial charge in [-0.05, 0) is 62.6 Å². The van der Waals surface area contributed by atoms with Crippen molar-refractivity contribution >= 4 is 23.3 Å². The summed E-state index contributed by atoms with van der Waals surface area (Å²) >= 11 is 0. The topological polar surface area (TPSA) is 115 Å². The van der Waals surface area contributed by atoms with Crippen LogP contribution in [0, 0.1) is 5.92 Å². The maximum Gasteiger partial charge on any atom is 0.319 e. The Balaban J connectivity index is 1.48. The van der Waals surface area contributed by atoms with Crippen molar-refractivity contribution in [2.24, 2.45) is 11.1 Å². The second-order valence-electron chi connectivity index (χ2n) is 10.1. The van der Waals surface area contributed by atoms with Gasteiger partial charge in [0, 0.05) is 36.3 Å². The molecule has 0 saturated heterocycles. The first kappa shape index (κ1) is 30.2. The number of nitrogen functional groups attached to an aromatic ring is 1. The molecule has 0 heterocycles. The Morgan fingerprint density at radius 2 is 1.79 bits per heavy atom. The van der Waals surface area contributed by atoms with E-state index in [4.69, 9.17) is 15.3 Å². The van der Waals surface area contributed by atoms with E-state index in [0.717, 1.165) is 42.5 Å². The maximum atomic E-state index is 12.2. The highest BCUT2D eigenvalue weighted by Crippen LogP contribution is 2.23. The third kappa shape index (κ3) is 11.1. The SMILES string of the molecule is CCOC(=O)CNCc1cc(C(=NOCCCCCC(=O)NCC2CCCCC2)c2ccccc2)ccc1N. The molecule has 0 atom stereocenters. The van der Waals surface area contributed by atoms with Crippen molar-refractivity contribution in [3.63, 3.8) is 0 Å². The molecule has 4 N–H and O–H groups in total. The normalized spacial score (nSPS) is 14.1. The lowest BCUT2D eigenvalue weighted by molar-refractivity contribution is -0.142. The fourth-order valence-electron chi connectivity index (χ4n) is 4.76. The van der Waals surface area contributed by atoms with E-state index in [-0.39, 0.29) is 18.4 Å². The lowest BCUT2D eigenvalue weighted by Gasteiger charge is -2.21. The number of amides is 1. The second-order valence-corrected chi connectivity index (χ2v) is 10.1. The number of nitrogens with zero attached hydrogens (tertiary/aromatic N) is 1. The fraction of sp³-hybridized carbons (Fsp3) is 0.516. The van der Waals surface area contributed by atoms with Crippen LogP contribution in [0.2, 0.25) is 0 Å². The minimum atomic E-state index is -0.299. The third-order valence-electron chi connectivity index (χ3n) is 6.96. The number of hydrogen-bond acceptors (Lipinski definition) is 7. The highest BCUT2D eigenvalue weighted by atomic mass is 16.6. The van der Waals surface area contributed by atoms with Gasteiger partial charge in [0.25, 0.3) is 0 Å². The van der Waals surface area contributed by atoms with Crippen molar-refractivity contribution < 1.29 is 19.2 Å². The number of ether oxygens (including phenoxy) is 1. The van der Waals surface area contributed by atoms with Crippen LogP contribution < -0.4 is 16.4 Å². The van der Waals surface area contributed by atoms with Crippen molar-refractivity contribution in [3.05, 3.63) is 65.2 Å². The number of anilines is 1. The van der Waals surface area contributed by atoms with Gasteiger partial charge in [0.15, 0.2) is 0 Å². The van der Waals surface area contributed by atoms with Crippen LogP contribution in [0.1, 0.15) is 81.4 Å². The minimum Gasteiger partial charge on any atom is -0.465 e. The van der Waals surface area contributed by atoms with Crippen molar-refractivity contribution in [1.29, 1.82) is 0 Å². The van der Waals surface area contributed by atoms with E-state index >= 15 is 0 Å². The Hall–Kier alpha value is -3.39. The summed E-state index contributed by atoms with van der Waals surface area (Å²) in [6.45, 7) is 3.97. The van der Waals surface area contributed by atoms with Crippen LogP contribution in [0.4, 0.5) is 5.69 Å². The number of carbonyl (C=O) groups is 2. The summed E-state index contributed by atoms with van der Waals surface area (Å²) in [5.74, 6) is 0.514. The highest BCUT2D eigenvalue weighted by molar-refractivity contribution is 6.12. The van der Waals surface area contributed by atoms with E-state index < -0.39 is 0 Å². The highest BCUT2D eigenvalue weighted by Gasteiger charge is 2.14. The molecule has 2 aromatic rings. The second kappa shape index (κ2) is 17.2. The number of benzene rings is 2. The summed E-state index contributed by atoms with van der Waals surface area (Å²) in [5.41, 5.74) is 10.2. The molecule has 1 saturated carbocycles. The molecule has 0 aliphatic heterocycles. The van der Waals surface area contributed by atoms with Gasteiger partial charge in [-0.3, -0.25) is 9.59 Å². The Kier molecular flexibility index (Phi) is 13.3. The Labute approximate surface area is 232 Å². The molecule has 3 rings (SSSR count). The monoisotopic (exact) mass is 536 g/mol. The predicted octanol–water partition coefficient (Wildman–Crippen LogP) is 4.95. The van der Waals surface area contributed by atoms with E-state index in [1.165, 1.54) is 32.1 Å². The van der Waals surface area contributed by atoms with Crippen LogP contribution in [0.3, 0.4) is 0 Å². The Morgan fingerprint density at radius 1 is 1.00 bits per heavy atom. The molecule has 212 valence electrons. The van der Waals surface area contributed by atoms with E-state index in [1.54, 1.807) is 6.92 Å². The number of nitrogens with two attached hydrogens (primary N) is 1. The number of hydrogen-bond donors (Lipinski definition) is 3. The number of nitrogens with one attached hydrogen (secondary N) is 2. The zero-order valence-electron chi connectivity index (χ0n) is 23.3. The standard InChI is InChI=1S/C31H44N4O4/c1-2-38-30(37)23-33-22-27-20-26(17-18-28(27)32)31(25-14-8-4-9-15-25)35-39-19-11-5-10-16-29(36)34-21-24-12-6-3-7-13-24/h4,8-9,14-15,17-18,20,24,33H,2-3,5-7,10-13,16,19,21-23,32H2,1H3,(H,34,36). The van der Waals surface area contributed by atoms with Gasteiger partial charge in [0.2, 0.25) is 5.91 Å². The Morgan fingerprint density at radius 3 is 2.56 bits per heavy atom. The Bertz CT molecular complexity index is 1050. The summed E-state index contributed by atoms with van der Waals surface area (Å²) < 4.78 is 4.97. The molecule has 1 fully saturated rings. The van der Waals surface area contributed by atoms with Gasteiger partial charge in [0.1, 0.15) is 12.3 Å². The largest absolute Gasteiger partial charge is 0.465 e. The summed E-state index contributed by atoms with van der Waals surface area (Å²) in [4.78, 5) is 29.5. The molecule has 39 heavy (non-hydrogen) atoms. The lowest BCUT2D eigenvalue weighted by Crippen LogP contribution is -2.30. The lowest BCUT2D eigenvalue weighted by atomic mass is 9.89. The third-order valence-corrected chi connectivity index (χ3v) is 6.96. The van der Waals surface area contributed by atoms with Crippen molar-refractivity contribution in [2.75, 3.05) is 32.0 Å². The van der Waals surface area contributed by atoms with Gasteiger partial charge < -0.3 is 25.9 Å². The minimum absolute atomic E-state index is 0.114. The van der Waals surface area contributed by atoms with Crippen LogP contribution >= 0.6 is 0 Å². The molecule has 1 aliphatic carbocycles. The van der Waals surface area contributed by atoms with Gasteiger partial charge in [-0.2, -0.15) is 0 Å². The number of unbranched alkanes of at least 4 members (excludes halogenated alkanes) is 2. The molecule has 0 spiro atoms. The number of oxime groups is 1. The molecule has 0 bridgehead atoms. The van der Waals surface area contributed by atoms with Crippen LogP contribution in [0.25, 0.3) is 0 Å². The van der Waals surface area contributed by atoms with Crippen LogP contribution in [-0.2, 0) is 25.7 Å². The molecule has 1 aliphatic rings. The maximum absolute atomic E-state index is 12.2. The quantitative estimate of drug-likeness (QED) is 0.0920. The van der Waals surface area contributed by atoms with Crippen molar-refractivity contribution in [2.45, 2.75) is 71.3 Å². The molecule has 0 radical (unpaired) electrons. The first-order valence-electron chi connectivity index (χ1n) is 14.3. The number of carbonyl (C=O) groups excluding carboxylic acids is 2. The first-order valence-corrected chi connectivity index (χ1v) is 14.3. The average molecular weight is 537 g/mol. The van der Waals surface area contributed by atoms with E-state index in [0.29, 0.717) is 43.5 Å². The number of esters is 1. The summed E-state index contributed by atoms with van der Waals surface area (Å²) in [5, 5.41) is 10.7. The van der Waals surface area contributed by atoms with Crippen LogP contribution in [0.5, 0.6) is 0 Å². The van der Waals surface area contributed by atoms with Crippen LogP contribution in [0.15, 0.2) is 53.7 Å². The van der Waals surface area contributed by atoms with E-state index in [1.807, 2.05) is 48.5 Å². The fourth-order valence-corrected chi connectivity index (χ4v) is 4.76. The summed E-state index contributed by atoms with van der Waals surface area (Å²) in [6, 6.07) is 15.6. The van der Waals surface area contributed by atoms with Gasteiger partial charge >= 0.3 is 5.97 Å². The van der Waals surface area contributed by atoms with E-state index in [2.05, 4.69) is 15.8 Å². The predicted molar refractivity (Wildman–Crippen MR) is 155 cm³/mol. The molecule has 8 heteroatoms. The molecule has 2 aromatic carbocycles. The molecule has 0 aromatic heterocycles. The van der Waals surface area contributed by atoms with Gasteiger partial charge in [0.05, 0.1) is 13.2 Å². The average Bonchev–Trinajstić information content (AvgIpc) is 2.96. The smallest absolute Gasteiger partial charge is 0.319 e. The van der Waals surface area contributed by atoms with Crippen LogP contribution in [-0.4, -0.2) is 43.9 Å². The zero-order chi connectivity index (χ0) is 27.7. The summed E-state index contributed by atoms with van der Waals surface area (Å²) in [7, 11) is 0.